The van der Waals surface area contributed by atoms with E-state index in [0.29, 0.717) is 17.8 Å². The Bertz CT molecular complexity index is 910. The summed E-state index contributed by atoms with van der Waals surface area (Å²) in [4.78, 5) is 12.0. The Hall–Kier alpha value is -3.08. The maximum atomic E-state index is 12.0. The highest BCUT2D eigenvalue weighted by atomic mass is 16.5. The van der Waals surface area contributed by atoms with E-state index in [1.807, 2.05) is 62.4 Å². The molecule has 5 nitrogen and oxygen atoms in total. The van der Waals surface area contributed by atoms with Gasteiger partial charge in [-0.25, -0.2) is 9.48 Å². The van der Waals surface area contributed by atoms with Crippen LogP contribution in [0.15, 0.2) is 48.5 Å². The van der Waals surface area contributed by atoms with Crippen LogP contribution in [0.25, 0.3) is 16.9 Å². The molecule has 3 rings (SSSR count). The van der Waals surface area contributed by atoms with Crippen molar-refractivity contribution < 1.29 is 14.6 Å². The third kappa shape index (κ3) is 3.33. The number of rotatable bonds is 6. The number of aromatic carboxylic acids is 1. The number of nitrogens with zero attached hydrogens (tertiary/aromatic N) is 2. The summed E-state index contributed by atoms with van der Waals surface area (Å²) in [6.07, 6.45) is 1.46. The van der Waals surface area contributed by atoms with Crippen LogP contribution < -0.4 is 4.74 Å². The smallest absolute Gasteiger partial charge is 0.339 e. The third-order valence-electron chi connectivity index (χ3n) is 4.32. The Balaban J connectivity index is 2.21. The molecule has 0 saturated carbocycles. The molecular weight excluding hydrogens is 328 g/mol. The summed E-state index contributed by atoms with van der Waals surface area (Å²) in [5.41, 5.74) is 4.21. The first-order valence-corrected chi connectivity index (χ1v) is 8.61. The minimum absolute atomic E-state index is 0.270. The van der Waals surface area contributed by atoms with Gasteiger partial charge in [0, 0.05) is 5.56 Å². The summed E-state index contributed by atoms with van der Waals surface area (Å²) in [6, 6.07) is 15.2. The van der Waals surface area contributed by atoms with Gasteiger partial charge in [-0.05, 0) is 37.6 Å². The number of carboxylic acids is 1. The molecule has 1 N–H and O–H groups in total. The Morgan fingerprint density at radius 2 is 1.77 bits per heavy atom. The second-order valence-electron chi connectivity index (χ2n) is 6.20. The number of hydrogen-bond acceptors (Lipinski definition) is 3. The molecule has 0 saturated heterocycles. The van der Waals surface area contributed by atoms with Crippen molar-refractivity contribution in [1.82, 2.24) is 9.78 Å². The molecular formula is C21H22N2O3. The molecule has 0 aliphatic carbocycles. The van der Waals surface area contributed by atoms with Gasteiger partial charge >= 0.3 is 5.97 Å². The molecule has 2 aromatic carbocycles. The Morgan fingerprint density at radius 3 is 2.31 bits per heavy atom. The SMILES string of the molecule is CCCc1c(C(=O)O)c(-c2ccc(C)cc2)nn1-c1ccc(OC)cc1. The zero-order valence-corrected chi connectivity index (χ0v) is 15.2. The van der Waals surface area contributed by atoms with Gasteiger partial charge in [0.1, 0.15) is 17.0 Å². The molecule has 0 spiro atoms. The van der Waals surface area contributed by atoms with Crippen LogP contribution in [0.4, 0.5) is 0 Å². The predicted octanol–water partition coefficient (Wildman–Crippen LogP) is 4.51. The zero-order chi connectivity index (χ0) is 18.7. The first-order valence-electron chi connectivity index (χ1n) is 8.61. The van der Waals surface area contributed by atoms with Crippen molar-refractivity contribution in [3.05, 3.63) is 65.4 Å². The molecule has 1 heterocycles. The molecule has 0 aliphatic heterocycles. The van der Waals surface area contributed by atoms with E-state index in [4.69, 9.17) is 4.74 Å². The monoisotopic (exact) mass is 350 g/mol. The highest BCUT2D eigenvalue weighted by molar-refractivity contribution is 5.96. The summed E-state index contributed by atoms with van der Waals surface area (Å²) < 4.78 is 6.94. The van der Waals surface area contributed by atoms with Gasteiger partial charge in [-0.15, -0.1) is 0 Å². The van der Waals surface area contributed by atoms with Crippen molar-refractivity contribution >= 4 is 5.97 Å². The fourth-order valence-corrected chi connectivity index (χ4v) is 3.00. The lowest BCUT2D eigenvalue weighted by Crippen LogP contribution is -2.06. The number of benzene rings is 2. The van der Waals surface area contributed by atoms with E-state index >= 15 is 0 Å². The molecule has 0 atom stereocenters. The van der Waals surface area contributed by atoms with Gasteiger partial charge in [-0.3, -0.25) is 0 Å². The maximum absolute atomic E-state index is 12.0. The number of carbonyl (C=O) groups is 1. The summed E-state index contributed by atoms with van der Waals surface area (Å²) in [7, 11) is 1.61. The molecule has 0 fully saturated rings. The van der Waals surface area contributed by atoms with Gasteiger partial charge in [0.2, 0.25) is 0 Å². The van der Waals surface area contributed by atoms with Crippen LogP contribution in [0.3, 0.4) is 0 Å². The lowest BCUT2D eigenvalue weighted by Gasteiger charge is -2.08. The van der Waals surface area contributed by atoms with Gasteiger partial charge in [0.05, 0.1) is 18.5 Å². The molecule has 134 valence electrons. The standard InChI is InChI=1S/C21H22N2O3/c1-4-5-18-19(21(24)25)20(15-8-6-14(2)7-9-15)22-23(18)16-10-12-17(26-3)13-11-16/h6-13H,4-5H2,1-3H3,(H,24,25). The zero-order valence-electron chi connectivity index (χ0n) is 15.2. The topological polar surface area (TPSA) is 64.3 Å². The van der Waals surface area contributed by atoms with Crippen molar-refractivity contribution in [3.8, 4) is 22.7 Å². The summed E-state index contributed by atoms with van der Waals surface area (Å²) in [6.45, 7) is 4.03. The van der Waals surface area contributed by atoms with E-state index in [1.54, 1.807) is 11.8 Å². The van der Waals surface area contributed by atoms with Crippen LogP contribution in [-0.2, 0) is 6.42 Å². The average molecular weight is 350 g/mol. The molecule has 3 aromatic rings. The van der Waals surface area contributed by atoms with Gasteiger partial charge in [-0.1, -0.05) is 43.2 Å². The van der Waals surface area contributed by atoms with E-state index in [2.05, 4.69) is 5.10 Å². The number of hydrogen-bond donors (Lipinski definition) is 1. The van der Waals surface area contributed by atoms with Crippen molar-refractivity contribution in [2.24, 2.45) is 0 Å². The van der Waals surface area contributed by atoms with Crippen LogP contribution in [0, 0.1) is 6.92 Å². The van der Waals surface area contributed by atoms with Crippen molar-refractivity contribution in [2.45, 2.75) is 26.7 Å². The van der Waals surface area contributed by atoms with Gasteiger partial charge in [0.25, 0.3) is 0 Å². The fourth-order valence-electron chi connectivity index (χ4n) is 3.00. The lowest BCUT2D eigenvalue weighted by atomic mass is 10.0. The molecule has 1 aromatic heterocycles. The predicted molar refractivity (Wildman–Crippen MR) is 101 cm³/mol. The van der Waals surface area contributed by atoms with Crippen molar-refractivity contribution in [3.63, 3.8) is 0 Å². The van der Waals surface area contributed by atoms with Crippen LogP contribution >= 0.6 is 0 Å². The van der Waals surface area contributed by atoms with Gasteiger partial charge < -0.3 is 9.84 Å². The van der Waals surface area contributed by atoms with Gasteiger partial charge in [-0.2, -0.15) is 5.10 Å². The molecule has 0 aliphatic rings. The van der Waals surface area contributed by atoms with Crippen LogP contribution in [0.2, 0.25) is 0 Å². The van der Waals surface area contributed by atoms with E-state index in [-0.39, 0.29) is 5.56 Å². The number of ether oxygens (including phenoxy) is 1. The van der Waals surface area contributed by atoms with Gasteiger partial charge in [0.15, 0.2) is 0 Å². The van der Waals surface area contributed by atoms with Crippen LogP contribution in [0.1, 0.15) is 35.0 Å². The maximum Gasteiger partial charge on any atom is 0.339 e. The average Bonchev–Trinajstić information content (AvgIpc) is 3.02. The molecule has 0 radical (unpaired) electrons. The molecule has 0 amide bonds. The van der Waals surface area contributed by atoms with Crippen molar-refractivity contribution in [1.29, 1.82) is 0 Å². The first-order chi connectivity index (χ1) is 12.5. The Kier molecular flexibility index (Phi) is 5.07. The highest BCUT2D eigenvalue weighted by Gasteiger charge is 2.24. The summed E-state index contributed by atoms with van der Waals surface area (Å²) >= 11 is 0. The quantitative estimate of drug-likeness (QED) is 0.710. The number of aromatic nitrogens is 2. The van der Waals surface area contributed by atoms with E-state index < -0.39 is 5.97 Å². The van der Waals surface area contributed by atoms with Crippen molar-refractivity contribution in [2.75, 3.05) is 7.11 Å². The largest absolute Gasteiger partial charge is 0.497 e. The molecule has 0 bridgehead atoms. The fraction of sp³-hybridized carbons (Fsp3) is 0.238. The summed E-state index contributed by atoms with van der Waals surface area (Å²) in [5.74, 6) is -0.209. The minimum Gasteiger partial charge on any atom is -0.497 e. The number of methoxy groups -OCH3 is 1. The highest BCUT2D eigenvalue weighted by Crippen LogP contribution is 2.29. The summed E-state index contributed by atoms with van der Waals surface area (Å²) in [5, 5.41) is 14.5. The Labute approximate surface area is 152 Å². The Morgan fingerprint density at radius 1 is 1.12 bits per heavy atom. The number of aryl methyl sites for hydroxylation is 1. The van der Waals surface area contributed by atoms with E-state index in [9.17, 15) is 9.90 Å². The normalized spacial score (nSPS) is 10.7. The first kappa shape index (κ1) is 17.7. The second kappa shape index (κ2) is 7.44. The van der Waals surface area contributed by atoms with Crippen LogP contribution in [0.5, 0.6) is 5.75 Å². The molecule has 5 heteroatoms. The molecule has 26 heavy (non-hydrogen) atoms. The molecule has 0 unspecified atom stereocenters. The lowest BCUT2D eigenvalue weighted by molar-refractivity contribution is 0.0696. The second-order valence-corrected chi connectivity index (χ2v) is 6.20. The van der Waals surface area contributed by atoms with E-state index in [0.717, 1.165) is 29.0 Å². The minimum atomic E-state index is -0.955. The number of carboxylic acid groups (broad SMARTS) is 1. The third-order valence-corrected chi connectivity index (χ3v) is 4.32. The van der Waals surface area contributed by atoms with E-state index in [1.165, 1.54) is 0 Å². The van der Waals surface area contributed by atoms with Crippen LogP contribution in [-0.4, -0.2) is 28.0 Å².